The lowest BCUT2D eigenvalue weighted by Crippen LogP contribution is -2.34. The summed E-state index contributed by atoms with van der Waals surface area (Å²) in [6.07, 6.45) is -1.02. The van der Waals surface area contributed by atoms with Crippen LogP contribution in [0, 0.1) is 11.8 Å². The zero-order chi connectivity index (χ0) is 23.3. The molecule has 3 rings (SSSR count). The van der Waals surface area contributed by atoms with Crippen LogP contribution in [0.15, 0.2) is 30.0 Å². The molecular weight excluding hydrogens is 439 g/mol. The standard InChI is InChI=1S/C17H21N3O3S.C2HF3O2/c1-11(6-12-4-3-5-24-12)16(21)20-8-13(14(9-20)17(22)23)15-7-18-10-19(15)2;3-2(4,5)1(6)7/h3-5,7,10-11,13-14H,6,8-9H2,1-2H3,(H,22,23);(H,6,7)/t11?,13-,14-;/m0./s1. The van der Waals surface area contributed by atoms with E-state index in [1.165, 1.54) is 4.88 Å². The first-order chi connectivity index (χ1) is 14.4. The number of carboxylic acids is 2. The van der Waals surface area contributed by atoms with Crippen molar-refractivity contribution >= 4 is 29.2 Å². The monoisotopic (exact) mass is 461 g/mol. The van der Waals surface area contributed by atoms with Crippen LogP contribution in [0.2, 0.25) is 0 Å². The number of hydrogen-bond acceptors (Lipinski definition) is 5. The Bertz CT molecular complexity index is 913. The normalized spacial score (nSPS) is 19.5. The van der Waals surface area contributed by atoms with Gasteiger partial charge in [0.25, 0.3) is 0 Å². The first-order valence-electron chi connectivity index (χ1n) is 9.22. The van der Waals surface area contributed by atoms with E-state index in [-0.39, 0.29) is 24.3 Å². The summed E-state index contributed by atoms with van der Waals surface area (Å²) in [5, 5.41) is 18.7. The number of hydrogen-bond donors (Lipinski definition) is 2. The zero-order valence-electron chi connectivity index (χ0n) is 16.7. The fourth-order valence-electron chi connectivity index (χ4n) is 3.39. The van der Waals surface area contributed by atoms with E-state index in [9.17, 15) is 27.9 Å². The van der Waals surface area contributed by atoms with Crippen LogP contribution in [0.1, 0.15) is 23.4 Å². The molecule has 0 spiro atoms. The smallest absolute Gasteiger partial charge is 0.481 e. The molecule has 0 radical (unpaired) electrons. The summed E-state index contributed by atoms with van der Waals surface area (Å²) >= 11 is 1.64. The highest BCUT2D eigenvalue weighted by atomic mass is 32.1. The van der Waals surface area contributed by atoms with Gasteiger partial charge in [0.2, 0.25) is 5.91 Å². The van der Waals surface area contributed by atoms with Crippen molar-refractivity contribution in [2.45, 2.75) is 25.4 Å². The van der Waals surface area contributed by atoms with Gasteiger partial charge in [-0.05, 0) is 17.9 Å². The lowest BCUT2D eigenvalue weighted by atomic mass is 9.93. The number of amides is 1. The average molecular weight is 461 g/mol. The molecule has 1 saturated heterocycles. The highest BCUT2D eigenvalue weighted by Crippen LogP contribution is 2.33. The first-order valence-corrected chi connectivity index (χ1v) is 10.1. The fraction of sp³-hybridized carbons (Fsp3) is 0.474. The van der Waals surface area contributed by atoms with Crippen molar-refractivity contribution < 1.29 is 37.8 Å². The number of aliphatic carboxylic acids is 2. The number of carboxylic acid groups (broad SMARTS) is 2. The lowest BCUT2D eigenvalue weighted by Gasteiger charge is -2.20. The molecule has 8 nitrogen and oxygen atoms in total. The van der Waals surface area contributed by atoms with Gasteiger partial charge in [0.05, 0.1) is 12.2 Å². The third-order valence-electron chi connectivity index (χ3n) is 4.93. The number of nitrogens with zero attached hydrogens (tertiary/aromatic N) is 3. The molecule has 1 amide bonds. The van der Waals surface area contributed by atoms with Gasteiger partial charge in [0.15, 0.2) is 0 Å². The molecule has 2 N–H and O–H groups in total. The molecule has 2 aromatic rings. The Kier molecular flexibility index (Phi) is 7.82. The van der Waals surface area contributed by atoms with Crippen LogP contribution >= 0.6 is 11.3 Å². The molecule has 1 aliphatic rings. The van der Waals surface area contributed by atoms with Crippen LogP contribution in [-0.2, 0) is 27.9 Å². The Balaban J connectivity index is 0.000000423. The number of alkyl halides is 3. The second-order valence-electron chi connectivity index (χ2n) is 7.21. The molecule has 1 unspecified atom stereocenters. The van der Waals surface area contributed by atoms with Crippen LogP contribution in [0.4, 0.5) is 13.2 Å². The minimum absolute atomic E-state index is 0.0271. The number of aromatic nitrogens is 2. The molecule has 170 valence electrons. The van der Waals surface area contributed by atoms with Crippen molar-refractivity contribution in [2.75, 3.05) is 13.1 Å². The topological polar surface area (TPSA) is 113 Å². The first kappa shape index (κ1) is 24.4. The molecule has 2 aromatic heterocycles. The number of rotatable bonds is 5. The highest BCUT2D eigenvalue weighted by Gasteiger charge is 2.42. The van der Waals surface area contributed by atoms with E-state index in [1.807, 2.05) is 36.1 Å². The lowest BCUT2D eigenvalue weighted by molar-refractivity contribution is -0.192. The Hall–Kier alpha value is -2.89. The van der Waals surface area contributed by atoms with Crippen LogP contribution in [0.3, 0.4) is 0 Å². The summed E-state index contributed by atoms with van der Waals surface area (Å²) in [6.45, 7) is 2.61. The molecule has 0 saturated carbocycles. The molecule has 1 aliphatic heterocycles. The third-order valence-corrected chi connectivity index (χ3v) is 5.83. The van der Waals surface area contributed by atoms with Crippen LogP contribution in [0.5, 0.6) is 0 Å². The van der Waals surface area contributed by atoms with Gasteiger partial charge >= 0.3 is 18.1 Å². The molecule has 0 bridgehead atoms. The van der Waals surface area contributed by atoms with Gasteiger partial charge in [-0.2, -0.15) is 13.2 Å². The quantitative estimate of drug-likeness (QED) is 0.708. The minimum atomic E-state index is -5.08. The molecule has 3 atom stereocenters. The molecule has 12 heteroatoms. The predicted octanol–water partition coefficient (Wildman–Crippen LogP) is 2.62. The third kappa shape index (κ3) is 6.29. The van der Waals surface area contributed by atoms with Gasteiger partial charge in [-0.1, -0.05) is 13.0 Å². The van der Waals surface area contributed by atoms with Gasteiger partial charge < -0.3 is 19.7 Å². The van der Waals surface area contributed by atoms with Crippen LogP contribution < -0.4 is 0 Å². The number of aryl methyl sites for hydroxylation is 1. The Morgan fingerprint density at radius 2 is 1.94 bits per heavy atom. The SMILES string of the molecule is CC(Cc1cccs1)C(=O)N1C[C@H](C(=O)O)[C@@H](c2cncn2C)C1.O=C(O)C(F)(F)F. The van der Waals surface area contributed by atoms with Gasteiger partial charge in [-0.25, -0.2) is 9.78 Å². The van der Waals surface area contributed by atoms with Crippen molar-refractivity contribution in [1.29, 1.82) is 0 Å². The summed E-state index contributed by atoms with van der Waals surface area (Å²) in [4.78, 5) is 40.3. The maximum atomic E-state index is 12.8. The van der Waals surface area contributed by atoms with E-state index < -0.39 is 24.0 Å². The van der Waals surface area contributed by atoms with E-state index in [2.05, 4.69) is 4.98 Å². The number of imidazole rings is 1. The van der Waals surface area contributed by atoms with E-state index in [0.29, 0.717) is 13.0 Å². The highest BCUT2D eigenvalue weighted by molar-refractivity contribution is 7.09. The molecule has 3 heterocycles. The summed E-state index contributed by atoms with van der Waals surface area (Å²) < 4.78 is 33.6. The molecule has 1 fully saturated rings. The Morgan fingerprint density at radius 1 is 1.29 bits per heavy atom. The summed E-state index contributed by atoms with van der Waals surface area (Å²) in [5.74, 6) is -4.54. The van der Waals surface area contributed by atoms with Crippen molar-refractivity contribution in [1.82, 2.24) is 14.5 Å². The van der Waals surface area contributed by atoms with E-state index in [1.54, 1.807) is 28.8 Å². The van der Waals surface area contributed by atoms with Gasteiger partial charge in [-0.15, -0.1) is 11.3 Å². The summed E-state index contributed by atoms with van der Waals surface area (Å²) in [7, 11) is 1.85. The maximum Gasteiger partial charge on any atom is 0.490 e. The Morgan fingerprint density at radius 3 is 2.39 bits per heavy atom. The van der Waals surface area contributed by atoms with Gasteiger partial charge in [0.1, 0.15) is 0 Å². The molecular formula is C19H22F3N3O5S. The molecule has 0 aromatic carbocycles. The van der Waals surface area contributed by atoms with Crippen molar-refractivity contribution in [3.05, 3.63) is 40.6 Å². The number of thiophene rings is 1. The van der Waals surface area contributed by atoms with E-state index in [4.69, 9.17) is 9.90 Å². The average Bonchev–Trinajstić information content (AvgIpc) is 3.41. The second kappa shape index (κ2) is 9.94. The molecule has 31 heavy (non-hydrogen) atoms. The predicted molar refractivity (Wildman–Crippen MR) is 105 cm³/mol. The number of carbonyl (C=O) groups is 3. The fourth-order valence-corrected chi connectivity index (χ4v) is 4.22. The Labute approximate surface area is 179 Å². The van der Waals surface area contributed by atoms with Crippen LogP contribution in [0.25, 0.3) is 0 Å². The summed E-state index contributed by atoms with van der Waals surface area (Å²) in [5.41, 5.74) is 0.864. The van der Waals surface area contributed by atoms with E-state index >= 15 is 0 Å². The maximum absolute atomic E-state index is 12.8. The zero-order valence-corrected chi connectivity index (χ0v) is 17.6. The second-order valence-corrected chi connectivity index (χ2v) is 8.24. The summed E-state index contributed by atoms with van der Waals surface area (Å²) in [6, 6.07) is 4.00. The minimum Gasteiger partial charge on any atom is -0.481 e. The molecule has 0 aliphatic carbocycles. The van der Waals surface area contributed by atoms with E-state index in [0.717, 1.165) is 5.69 Å². The van der Waals surface area contributed by atoms with Crippen molar-refractivity contribution in [2.24, 2.45) is 18.9 Å². The van der Waals surface area contributed by atoms with Gasteiger partial charge in [-0.3, -0.25) is 9.59 Å². The number of carbonyl (C=O) groups excluding carboxylic acids is 1. The largest absolute Gasteiger partial charge is 0.490 e. The van der Waals surface area contributed by atoms with Gasteiger partial charge in [0, 0.05) is 48.7 Å². The number of likely N-dealkylation sites (tertiary alicyclic amines) is 1. The number of halogens is 3. The van der Waals surface area contributed by atoms with Crippen LogP contribution in [-0.4, -0.2) is 61.8 Å². The van der Waals surface area contributed by atoms with Crippen molar-refractivity contribution in [3.8, 4) is 0 Å². The van der Waals surface area contributed by atoms with Crippen molar-refractivity contribution in [3.63, 3.8) is 0 Å².